The number of amides is 3. The molecule has 4 aliphatic carbocycles. The Morgan fingerprint density at radius 1 is 0.791 bits per heavy atom. The standard InChI is InChI=1S/C33H24BrClN2O6/c34-20-7-1-19(2-8-20)33(42)43-22-11-5-17(6-12-22)27(38)16-36(30(39)18-3-9-21(35)10-4-18)37-31(40)28-23-13-14-24(26-15-25(23)26)29(28)32(37)41/h1-14,23-26,28-29H,15-16H2/t23-,24-,25-,26-,28+,29+/m0/s1. The van der Waals surface area contributed by atoms with Gasteiger partial charge in [-0.1, -0.05) is 39.7 Å². The fourth-order valence-electron chi connectivity index (χ4n) is 6.84. The van der Waals surface area contributed by atoms with Crippen molar-refractivity contribution >= 4 is 57.0 Å². The van der Waals surface area contributed by atoms with Gasteiger partial charge in [-0.15, -0.1) is 0 Å². The first kappa shape index (κ1) is 27.7. The van der Waals surface area contributed by atoms with Gasteiger partial charge in [0, 0.05) is 20.6 Å². The molecule has 0 aromatic heterocycles. The Morgan fingerprint density at radius 3 is 1.91 bits per heavy atom. The maximum Gasteiger partial charge on any atom is 0.343 e. The van der Waals surface area contributed by atoms with E-state index in [-0.39, 0.29) is 28.7 Å². The Balaban J connectivity index is 1.13. The summed E-state index contributed by atoms with van der Waals surface area (Å²) in [6.07, 6.45) is 5.11. The van der Waals surface area contributed by atoms with Crippen LogP contribution >= 0.6 is 27.5 Å². The molecule has 8 rings (SSSR count). The number of carbonyl (C=O) groups is 5. The number of benzene rings is 3. The van der Waals surface area contributed by atoms with E-state index in [0.29, 0.717) is 22.4 Å². The molecular formula is C33H24BrClN2O6. The monoisotopic (exact) mass is 658 g/mol. The predicted molar refractivity (Wildman–Crippen MR) is 159 cm³/mol. The number of allylic oxidation sites excluding steroid dienone is 2. The van der Waals surface area contributed by atoms with Gasteiger partial charge in [0.05, 0.1) is 17.4 Å². The molecule has 6 atom stereocenters. The van der Waals surface area contributed by atoms with Gasteiger partial charge in [0.2, 0.25) is 0 Å². The Hall–Kier alpha value is -4.08. The van der Waals surface area contributed by atoms with Crippen molar-refractivity contribution < 1.29 is 28.7 Å². The van der Waals surface area contributed by atoms with Crippen LogP contribution in [0.25, 0.3) is 0 Å². The number of ether oxygens (including phenoxy) is 1. The molecule has 0 N–H and O–H groups in total. The predicted octanol–water partition coefficient (Wildman–Crippen LogP) is 5.61. The van der Waals surface area contributed by atoms with E-state index in [9.17, 15) is 24.0 Å². The number of hydrogen-bond donors (Lipinski definition) is 0. The van der Waals surface area contributed by atoms with Crippen LogP contribution in [0, 0.1) is 35.5 Å². The number of esters is 1. The molecule has 3 fully saturated rings. The summed E-state index contributed by atoms with van der Waals surface area (Å²) in [7, 11) is 0. The summed E-state index contributed by atoms with van der Waals surface area (Å²) < 4.78 is 6.25. The van der Waals surface area contributed by atoms with Gasteiger partial charge in [0.25, 0.3) is 17.7 Å². The van der Waals surface area contributed by atoms with Crippen LogP contribution in [-0.4, -0.2) is 46.0 Å². The average molecular weight is 660 g/mol. The van der Waals surface area contributed by atoms with Crippen molar-refractivity contribution in [2.75, 3.05) is 6.54 Å². The summed E-state index contributed by atoms with van der Waals surface area (Å²) in [6, 6.07) is 18.7. The first-order valence-corrected chi connectivity index (χ1v) is 15.1. The number of imide groups is 1. The minimum absolute atomic E-state index is 0.0303. The van der Waals surface area contributed by atoms with Gasteiger partial charge in [0.15, 0.2) is 5.78 Å². The maximum absolute atomic E-state index is 13.8. The molecule has 2 saturated carbocycles. The highest BCUT2D eigenvalue weighted by molar-refractivity contribution is 9.10. The minimum Gasteiger partial charge on any atom is -0.423 e. The van der Waals surface area contributed by atoms with Gasteiger partial charge in [-0.25, -0.2) is 9.80 Å². The molecule has 0 radical (unpaired) electrons. The van der Waals surface area contributed by atoms with E-state index in [1.807, 2.05) is 0 Å². The zero-order valence-electron chi connectivity index (χ0n) is 22.6. The molecule has 3 amide bonds. The fraction of sp³-hybridized carbons (Fsp3) is 0.242. The Labute approximate surface area is 260 Å². The normalized spacial score (nSPS) is 26.1. The van der Waals surface area contributed by atoms with E-state index in [2.05, 4.69) is 28.1 Å². The molecule has 1 heterocycles. The lowest BCUT2D eigenvalue weighted by atomic mass is 9.63. The second-order valence-corrected chi connectivity index (χ2v) is 12.7. The lowest BCUT2D eigenvalue weighted by Crippen LogP contribution is -2.52. The Bertz CT molecular complexity index is 1670. The molecule has 8 nitrogen and oxygen atoms in total. The molecule has 1 saturated heterocycles. The maximum atomic E-state index is 13.8. The molecule has 2 bridgehead atoms. The number of halogens is 2. The lowest BCUT2D eigenvalue weighted by Gasteiger charge is -2.37. The van der Waals surface area contributed by atoms with E-state index >= 15 is 0 Å². The van der Waals surface area contributed by atoms with Crippen LogP contribution in [0.1, 0.15) is 37.5 Å². The summed E-state index contributed by atoms with van der Waals surface area (Å²) in [6.45, 7) is -0.536. The number of nitrogens with zero attached hydrogens (tertiary/aromatic N) is 2. The van der Waals surface area contributed by atoms with Crippen LogP contribution in [0.4, 0.5) is 0 Å². The number of ketones is 1. The van der Waals surface area contributed by atoms with Gasteiger partial charge >= 0.3 is 5.97 Å². The smallest absolute Gasteiger partial charge is 0.343 e. The van der Waals surface area contributed by atoms with Crippen LogP contribution in [0.3, 0.4) is 0 Å². The van der Waals surface area contributed by atoms with E-state index in [0.717, 1.165) is 20.9 Å². The second-order valence-electron chi connectivity index (χ2n) is 11.4. The summed E-state index contributed by atoms with van der Waals surface area (Å²) in [5.41, 5.74) is 0.768. The highest BCUT2D eigenvalue weighted by atomic mass is 79.9. The van der Waals surface area contributed by atoms with E-state index in [4.69, 9.17) is 16.3 Å². The molecule has 216 valence electrons. The number of Topliss-reactive ketones (excluding diaryl/α,β-unsaturated/α-hetero) is 1. The van der Waals surface area contributed by atoms with Gasteiger partial charge in [-0.3, -0.25) is 19.2 Å². The van der Waals surface area contributed by atoms with Crippen LogP contribution in [0.15, 0.2) is 89.4 Å². The summed E-state index contributed by atoms with van der Waals surface area (Å²) >= 11 is 9.34. The molecule has 1 aliphatic heterocycles. The SMILES string of the molecule is O=C(CN(C(=O)c1ccc(Cl)cc1)N1C(=O)[C@@H]2[C@H]3C=C[C@@H]([C@@H]4C[C@@H]34)[C@H]2C1=O)c1ccc(OC(=O)c2ccc(Br)cc2)cc1. The molecular weight excluding hydrogens is 636 g/mol. The Morgan fingerprint density at radius 2 is 1.33 bits per heavy atom. The molecule has 5 aliphatic rings. The first-order chi connectivity index (χ1) is 20.7. The van der Waals surface area contributed by atoms with Crippen LogP contribution in [0.5, 0.6) is 5.75 Å². The third-order valence-corrected chi connectivity index (χ3v) is 9.75. The molecule has 3 aromatic carbocycles. The van der Waals surface area contributed by atoms with Crippen molar-refractivity contribution in [3.8, 4) is 5.75 Å². The lowest BCUT2D eigenvalue weighted by molar-refractivity contribution is -0.154. The number of carbonyl (C=O) groups excluding carboxylic acids is 5. The van der Waals surface area contributed by atoms with Crippen LogP contribution < -0.4 is 4.74 Å². The molecule has 0 spiro atoms. The van der Waals surface area contributed by atoms with Crippen molar-refractivity contribution in [1.82, 2.24) is 10.0 Å². The summed E-state index contributed by atoms with van der Waals surface area (Å²) in [5, 5.41) is 2.30. The third kappa shape index (κ3) is 4.80. The second kappa shape index (κ2) is 10.6. The highest BCUT2D eigenvalue weighted by Gasteiger charge is 2.68. The van der Waals surface area contributed by atoms with E-state index < -0.39 is 47.9 Å². The van der Waals surface area contributed by atoms with Gasteiger partial charge in [-0.05, 0) is 103 Å². The minimum atomic E-state index is -0.657. The van der Waals surface area contributed by atoms with Crippen LogP contribution in [-0.2, 0) is 9.59 Å². The van der Waals surface area contributed by atoms with Crippen molar-refractivity contribution in [3.05, 3.63) is 111 Å². The molecule has 3 aromatic rings. The summed E-state index contributed by atoms with van der Waals surface area (Å²) in [4.78, 5) is 67.5. The van der Waals surface area contributed by atoms with Crippen molar-refractivity contribution in [2.45, 2.75) is 6.42 Å². The van der Waals surface area contributed by atoms with E-state index in [1.165, 1.54) is 48.5 Å². The third-order valence-electron chi connectivity index (χ3n) is 8.97. The average Bonchev–Trinajstić information content (AvgIpc) is 3.79. The van der Waals surface area contributed by atoms with E-state index in [1.54, 1.807) is 24.3 Å². The van der Waals surface area contributed by atoms with Crippen molar-refractivity contribution in [3.63, 3.8) is 0 Å². The zero-order valence-corrected chi connectivity index (χ0v) is 24.9. The van der Waals surface area contributed by atoms with Gasteiger partial charge < -0.3 is 4.74 Å². The van der Waals surface area contributed by atoms with Gasteiger partial charge in [0.1, 0.15) is 12.3 Å². The number of rotatable bonds is 7. The quantitative estimate of drug-likeness (QED) is 0.107. The topological polar surface area (TPSA) is 101 Å². The number of hydrazine groups is 1. The summed E-state index contributed by atoms with van der Waals surface area (Å²) in [5.74, 6) is -2.68. The van der Waals surface area contributed by atoms with Crippen LogP contribution in [0.2, 0.25) is 5.02 Å². The Kier molecular flexibility index (Phi) is 6.82. The zero-order chi connectivity index (χ0) is 30.0. The molecule has 10 heteroatoms. The molecule has 0 unspecified atom stereocenters. The first-order valence-electron chi connectivity index (χ1n) is 14.0. The fourth-order valence-corrected chi connectivity index (χ4v) is 7.23. The molecule has 43 heavy (non-hydrogen) atoms. The largest absolute Gasteiger partial charge is 0.423 e. The van der Waals surface area contributed by atoms with Crippen molar-refractivity contribution in [2.24, 2.45) is 35.5 Å². The number of hydrogen-bond acceptors (Lipinski definition) is 6. The van der Waals surface area contributed by atoms with Crippen molar-refractivity contribution in [1.29, 1.82) is 0 Å². The van der Waals surface area contributed by atoms with Gasteiger partial charge in [-0.2, -0.15) is 5.01 Å². The highest BCUT2D eigenvalue weighted by Crippen LogP contribution is 2.65.